The molecule has 5 rings (SSSR count). The Balaban J connectivity index is 1.37. The first-order valence-electron chi connectivity index (χ1n) is 11.7. The summed E-state index contributed by atoms with van der Waals surface area (Å²) in [6, 6.07) is 6.20. The Hall–Kier alpha value is -3.43. The van der Waals surface area contributed by atoms with Gasteiger partial charge in [0.25, 0.3) is 11.8 Å². The van der Waals surface area contributed by atoms with Crippen LogP contribution in [0.5, 0.6) is 0 Å². The van der Waals surface area contributed by atoms with Crippen LogP contribution in [0.15, 0.2) is 30.3 Å². The molecule has 10 heteroatoms. The third-order valence-corrected chi connectivity index (χ3v) is 6.94. The first kappa shape index (κ1) is 23.3. The number of nitrogens with one attached hydrogen (secondary N) is 1. The number of fused-ring (bicyclic) bond motifs is 1. The molecule has 2 fully saturated rings. The second kappa shape index (κ2) is 8.66. The second-order valence-corrected chi connectivity index (χ2v) is 9.30. The average molecular weight is 486 g/mol. The van der Waals surface area contributed by atoms with Gasteiger partial charge in [0.15, 0.2) is 5.65 Å². The van der Waals surface area contributed by atoms with Crippen LogP contribution < -0.4 is 5.32 Å². The van der Waals surface area contributed by atoms with Gasteiger partial charge in [0.2, 0.25) is 0 Å². The minimum absolute atomic E-state index is 0.0346. The van der Waals surface area contributed by atoms with Gasteiger partial charge in [-0.15, -0.1) is 0 Å². The van der Waals surface area contributed by atoms with Gasteiger partial charge in [0.1, 0.15) is 0 Å². The lowest BCUT2D eigenvalue weighted by atomic mass is 9.90. The number of likely N-dealkylation sites (tertiary alicyclic amines) is 1. The quantitative estimate of drug-likeness (QED) is 0.600. The Kier molecular flexibility index (Phi) is 5.77. The summed E-state index contributed by atoms with van der Waals surface area (Å²) >= 11 is 0. The van der Waals surface area contributed by atoms with Crippen molar-refractivity contribution in [2.75, 3.05) is 20.1 Å². The molecule has 0 unspecified atom stereocenters. The number of halogens is 3. The van der Waals surface area contributed by atoms with Crippen molar-refractivity contribution in [2.24, 2.45) is 7.05 Å². The van der Waals surface area contributed by atoms with Gasteiger partial charge in [-0.1, -0.05) is 0 Å². The highest BCUT2D eigenvalue weighted by molar-refractivity contribution is 6.06. The highest BCUT2D eigenvalue weighted by Crippen LogP contribution is 2.41. The zero-order chi connectivity index (χ0) is 24.9. The standard InChI is InChI=1S/C25H26F3N5O2/c1-29-23(34)18-13-19(14-3-4-14)30-22-20(18)21(31-32(22)2)15-9-11-33(12-10-15)24(35)16-5-7-17(8-6-16)25(26,27)28/h5-8,13-15H,3-4,9-12H2,1-2H3,(H,29,34). The zero-order valence-corrected chi connectivity index (χ0v) is 19.5. The predicted octanol–water partition coefficient (Wildman–Crippen LogP) is 4.24. The van der Waals surface area contributed by atoms with E-state index in [1.54, 1.807) is 16.6 Å². The predicted molar refractivity (Wildman–Crippen MR) is 123 cm³/mol. The van der Waals surface area contributed by atoms with E-state index in [2.05, 4.69) is 5.32 Å². The van der Waals surface area contributed by atoms with Crippen LogP contribution in [0.3, 0.4) is 0 Å². The minimum atomic E-state index is -4.44. The Bertz CT molecular complexity index is 1290. The summed E-state index contributed by atoms with van der Waals surface area (Å²) in [5.74, 6) is -0.0405. The lowest BCUT2D eigenvalue weighted by Gasteiger charge is -2.31. The van der Waals surface area contributed by atoms with E-state index >= 15 is 0 Å². The molecule has 7 nitrogen and oxygen atoms in total. The normalized spacial score (nSPS) is 17.1. The van der Waals surface area contributed by atoms with Crippen LogP contribution in [0.2, 0.25) is 0 Å². The van der Waals surface area contributed by atoms with E-state index < -0.39 is 11.7 Å². The van der Waals surface area contributed by atoms with E-state index in [4.69, 9.17) is 10.1 Å². The Morgan fingerprint density at radius 3 is 2.26 bits per heavy atom. The summed E-state index contributed by atoms with van der Waals surface area (Å²) < 4.78 is 40.2. The van der Waals surface area contributed by atoms with Gasteiger partial charge in [0, 0.05) is 50.3 Å². The highest BCUT2D eigenvalue weighted by atomic mass is 19.4. The van der Waals surface area contributed by atoms with Gasteiger partial charge in [-0.2, -0.15) is 18.3 Å². The maximum Gasteiger partial charge on any atom is 0.416 e. The number of nitrogens with zero attached hydrogens (tertiary/aromatic N) is 4. The lowest BCUT2D eigenvalue weighted by molar-refractivity contribution is -0.137. The monoisotopic (exact) mass is 485 g/mol. The summed E-state index contributed by atoms with van der Waals surface area (Å²) in [5, 5.41) is 8.22. The first-order chi connectivity index (χ1) is 16.7. The number of rotatable bonds is 4. The molecule has 1 aromatic carbocycles. The van der Waals surface area contributed by atoms with Crippen molar-refractivity contribution in [3.63, 3.8) is 0 Å². The fourth-order valence-corrected chi connectivity index (χ4v) is 4.82. The van der Waals surface area contributed by atoms with Gasteiger partial charge in [-0.25, -0.2) is 4.98 Å². The molecule has 0 atom stereocenters. The van der Waals surface area contributed by atoms with E-state index in [9.17, 15) is 22.8 Å². The van der Waals surface area contributed by atoms with Crippen LogP contribution in [-0.2, 0) is 13.2 Å². The number of carbonyl (C=O) groups is 2. The molecule has 1 N–H and O–H groups in total. The SMILES string of the molecule is CNC(=O)c1cc(C2CC2)nc2c1c(C1CCN(C(=O)c3ccc(C(F)(F)F)cc3)CC1)nn2C. The smallest absolute Gasteiger partial charge is 0.355 e. The Morgan fingerprint density at radius 1 is 1.03 bits per heavy atom. The molecule has 0 spiro atoms. The van der Waals surface area contributed by atoms with Crippen molar-refractivity contribution in [1.29, 1.82) is 0 Å². The molecule has 1 aliphatic carbocycles. The molecular weight excluding hydrogens is 459 g/mol. The third kappa shape index (κ3) is 4.37. The molecule has 3 heterocycles. The van der Waals surface area contributed by atoms with Crippen molar-refractivity contribution < 1.29 is 22.8 Å². The number of alkyl halides is 3. The number of aromatic nitrogens is 3. The molecule has 1 saturated heterocycles. The average Bonchev–Trinajstić information content (AvgIpc) is 3.66. The number of hydrogen-bond acceptors (Lipinski definition) is 4. The number of pyridine rings is 1. The molecule has 0 bridgehead atoms. The number of amides is 2. The minimum Gasteiger partial charge on any atom is -0.355 e. The largest absolute Gasteiger partial charge is 0.416 e. The molecule has 3 aromatic rings. The van der Waals surface area contributed by atoms with Crippen LogP contribution in [0.4, 0.5) is 13.2 Å². The molecular formula is C25H26F3N5O2. The maximum absolute atomic E-state index is 12.9. The second-order valence-electron chi connectivity index (χ2n) is 9.30. The number of benzene rings is 1. The molecule has 1 aliphatic heterocycles. The van der Waals surface area contributed by atoms with Crippen molar-refractivity contribution in [2.45, 2.75) is 43.7 Å². The molecule has 2 aliphatic rings. The summed E-state index contributed by atoms with van der Waals surface area (Å²) in [4.78, 5) is 32.1. The van der Waals surface area contributed by atoms with Gasteiger partial charge in [-0.05, 0) is 56.0 Å². The number of carbonyl (C=O) groups excluding carboxylic acids is 2. The van der Waals surface area contributed by atoms with Crippen LogP contribution in [0, 0.1) is 0 Å². The van der Waals surface area contributed by atoms with Crippen molar-refractivity contribution in [3.05, 3.63) is 58.4 Å². The lowest BCUT2D eigenvalue weighted by Crippen LogP contribution is -2.38. The molecule has 1 saturated carbocycles. The van der Waals surface area contributed by atoms with E-state index in [0.717, 1.165) is 41.7 Å². The van der Waals surface area contributed by atoms with Gasteiger partial charge >= 0.3 is 6.18 Å². The topological polar surface area (TPSA) is 80.1 Å². The van der Waals surface area contributed by atoms with Crippen molar-refractivity contribution in [1.82, 2.24) is 25.0 Å². The maximum atomic E-state index is 12.9. The molecule has 184 valence electrons. The van der Waals surface area contributed by atoms with E-state index in [-0.39, 0.29) is 23.3 Å². The zero-order valence-electron chi connectivity index (χ0n) is 19.5. The molecule has 2 amide bonds. The van der Waals surface area contributed by atoms with E-state index in [1.165, 1.54) is 12.1 Å². The van der Waals surface area contributed by atoms with Crippen molar-refractivity contribution >= 4 is 22.8 Å². The number of aryl methyl sites for hydroxylation is 1. The Labute approximate surface area is 200 Å². The van der Waals surface area contributed by atoms with E-state index in [1.807, 2.05) is 13.1 Å². The molecule has 35 heavy (non-hydrogen) atoms. The van der Waals surface area contributed by atoms with Crippen LogP contribution in [0.25, 0.3) is 11.0 Å². The highest BCUT2D eigenvalue weighted by Gasteiger charge is 2.33. The summed E-state index contributed by atoms with van der Waals surface area (Å²) in [7, 11) is 3.43. The fraction of sp³-hybridized carbons (Fsp3) is 0.440. The van der Waals surface area contributed by atoms with Crippen LogP contribution in [0.1, 0.15) is 75.2 Å². The summed E-state index contributed by atoms with van der Waals surface area (Å²) in [5.41, 5.74) is 2.44. The first-order valence-corrected chi connectivity index (χ1v) is 11.7. The summed E-state index contributed by atoms with van der Waals surface area (Å²) in [6.45, 7) is 0.900. The third-order valence-electron chi connectivity index (χ3n) is 6.94. The number of piperidine rings is 1. The van der Waals surface area contributed by atoms with Crippen LogP contribution >= 0.6 is 0 Å². The molecule has 2 aromatic heterocycles. The van der Waals surface area contributed by atoms with Gasteiger partial charge in [-0.3, -0.25) is 14.3 Å². The Morgan fingerprint density at radius 2 is 1.69 bits per heavy atom. The molecule has 0 radical (unpaired) electrons. The van der Waals surface area contributed by atoms with Crippen LogP contribution in [-0.4, -0.2) is 51.6 Å². The van der Waals surface area contributed by atoms with Gasteiger partial charge < -0.3 is 10.2 Å². The van der Waals surface area contributed by atoms with Crippen molar-refractivity contribution in [3.8, 4) is 0 Å². The summed E-state index contributed by atoms with van der Waals surface area (Å²) in [6.07, 6.45) is -1.02. The van der Waals surface area contributed by atoms with Gasteiger partial charge in [0.05, 0.1) is 22.2 Å². The van der Waals surface area contributed by atoms with E-state index in [0.29, 0.717) is 43.1 Å². The fourth-order valence-electron chi connectivity index (χ4n) is 4.82. The number of hydrogen-bond donors (Lipinski definition) is 1.